The molecule has 23 heavy (non-hydrogen) atoms. The summed E-state index contributed by atoms with van der Waals surface area (Å²) in [4.78, 5) is 17.5. The standard InChI is InChI=1S/C18H22N2O2S/c1-11-12(14-10-23-16-13(14)6-5-9-19-16)7-8-15(11)20-17(21)22-18(2,3)4/h5-6,9-10,15H,7-8H2,1-4H3,(H,20,21). The fourth-order valence-electron chi connectivity index (χ4n) is 2.99. The van der Waals surface area contributed by atoms with Gasteiger partial charge in [-0.1, -0.05) is 0 Å². The van der Waals surface area contributed by atoms with Crippen LogP contribution in [0.5, 0.6) is 0 Å². The Hall–Kier alpha value is -1.88. The molecule has 5 heteroatoms. The molecule has 0 saturated heterocycles. The molecule has 2 heterocycles. The molecular weight excluding hydrogens is 308 g/mol. The molecule has 1 N–H and O–H groups in total. The van der Waals surface area contributed by atoms with E-state index in [4.69, 9.17) is 4.74 Å². The van der Waals surface area contributed by atoms with Gasteiger partial charge in [0.15, 0.2) is 0 Å². The number of amides is 1. The summed E-state index contributed by atoms with van der Waals surface area (Å²) in [5.74, 6) is 0. The third-order valence-electron chi connectivity index (χ3n) is 4.05. The maximum absolute atomic E-state index is 12.0. The Morgan fingerprint density at radius 2 is 2.22 bits per heavy atom. The quantitative estimate of drug-likeness (QED) is 0.864. The summed E-state index contributed by atoms with van der Waals surface area (Å²) in [6.07, 6.45) is 3.36. The van der Waals surface area contributed by atoms with Crippen molar-refractivity contribution in [3.63, 3.8) is 0 Å². The number of hydrogen-bond acceptors (Lipinski definition) is 4. The van der Waals surface area contributed by atoms with Crippen LogP contribution in [0.2, 0.25) is 0 Å². The number of hydrogen-bond donors (Lipinski definition) is 1. The summed E-state index contributed by atoms with van der Waals surface area (Å²) in [6, 6.07) is 4.13. The van der Waals surface area contributed by atoms with Crippen LogP contribution in [0, 0.1) is 0 Å². The van der Waals surface area contributed by atoms with Crippen LogP contribution in [0.1, 0.15) is 46.1 Å². The first-order valence-electron chi connectivity index (χ1n) is 7.87. The molecule has 2 aromatic heterocycles. The highest BCUT2D eigenvalue weighted by atomic mass is 32.1. The van der Waals surface area contributed by atoms with Crippen LogP contribution in [0.15, 0.2) is 29.3 Å². The molecule has 0 bridgehead atoms. The van der Waals surface area contributed by atoms with Gasteiger partial charge in [0, 0.05) is 17.0 Å². The zero-order valence-electron chi connectivity index (χ0n) is 14.0. The van der Waals surface area contributed by atoms with Crippen molar-refractivity contribution in [2.45, 2.75) is 52.2 Å². The number of thiophene rings is 1. The second kappa shape index (κ2) is 5.96. The van der Waals surface area contributed by atoms with E-state index in [0.717, 1.165) is 17.7 Å². The number of aromatic nitrogens is 1. The van der Waals surface area contributed by atoms with Crippen molar-refractivity contribution in [1.29, 1.82) is 0 Å². The average molecular weight is 330 g/mol. The van der Waals surface area contributed by atoms with Crippen LogP contribution in [0.4, 0.5) is 4.79 Å². The highest BCUT2D eigenvalue weighted by Gasteiger charge is 2.27. The Morgan fingerprint density at radius 1 is 1.43 bits per heavy atom. The van der Waals surface area contributed by atoms with E-state index in [-0.39, 0.29) is 12.1 Å². The van der Waals surface area contributed by atoms with Crippen molar-refractivity contribution in [3.05, 3.63) is 34.8 Å². The van der Waals surface area contributed by atoms with E-state index < -0.39 is 5.60 Å². The molecule has 0 spiro atoms. The molecule has 0 saturated carbocycles. The SMILES string of the molecule is CC1=C(c2csc3ncccc23)CCC1NC(=O)OC(C)(C)C. The molecule has 1 amide bonds. The molecule has 0 aromatic carbocycles. The van der Waals surface area contributed by atoms with Gasteiger partial charge in [0.1, 0.15) is 10.4 Å². The monoisotopic (exact) mass is 330 g/mol. The number of alkyl carbamates (subject to hydrolysis) is 1. The molecule has 122 valence electrons. The highest BCUT2D eigenvalue weighted by Crippen LogP contribution is 2.39. The minimum Gasteiger partial charge on any atom is -0.444 e. The second-order valence-electron chi connectivity index (χ2n) is 6.90. The summed E-state index contributed by atoms with van der Waals surface area (Å²) >= 11 is 1.67. The van der Waals surface area contributed by atoms with Gasteiger partial charge in [0.2, 0.25) is 0 Å². The Balaban J connectivity index is 1.82. The number of ether oxygens (including phenoxy) is 1. The normalized spacial score (nSPS) is 18.5. The van der Waals surface area contributed by atoms with Gasteiger partial charge in [-0.2, -0.15) is 0 Å². The van der Waals surface area contributed by atoms with Crippen LogP contribution in [-0.2, 0) is 4.74 Å². The van der Waals surface area contributed by atoms with Crippen molar-refractivity contribution < 1.29 is 9.53 Å². The molecule has 1 unspecified atom stereocenters. The lowest BCUT2D eigenvalue weighted by Crippen LogP contribution is -2.38. The summed E-state index contributed by atoms with van der Waals surface area (Å²) < 4.78 is 5.36. The van der Waals surface area contributed by atoms with Gasteiger partial charge in [0.25, 0.3) is 0 Å². The first-order chi connectivity index (χ1) is 10.8. The van der Waals surface area contributed by atoms with Crippen LogP contribution in [-0.4, -0.2) is 22.7 Å². The Bertz CT molecular complexity index is 771. The first kappa shape index (κ1) is 16.0. The minimum atomic E-state index is -0.474. The molecule has 1 aliphatic rings. The lowest BCUT2D eigenvalue weighted by Gasteiger charge is -2.22. The number of pyridine rings is 1. The molecule has 0 radical (unpaired) electrons. The zero-order chi connectivity index (χ0) is 16.6. The molecular formula is C18H22N2O2S. The van der Waals surface area contributed by atoms with Crippen molar-refractivity contribution in [3.8, 4) is 0 Å². The van der Waals surface area contributed by atoms with E-state index in [1.807, 2.05) is 33.0 Å². The molecule has 2 aromatic rings. The maximum atomic E-state index is 12.0. The van der Waals surface area contributed by atoms with E-state index >= 15 is 0 Å². The van der Waals surface area contributed by atoms with Crippen LogP contribution in [0.3, 0.4) is 0 Å². The third kappa shape index (κ3) is 3.39. The summed E-state index contributed by atoms with van der Waals surface area (Å²) in [6.45, 7) is 7.73. The van der Waals surface area contributed by atoms with E-state index in [9.17, 15) is 4.79 Å². The first-order valence-corrected chi connectivity index (χ1v) is 8.75. The van der Waals surface area contributed by atoms with Gasteiger partial charge in [-0.05, 0) is 69.4 Å². The number of allylic oxidation sites excluding steroid dienone is 1. The molecule has 0 aliphatic heterocycles. The smallest absolute Gasteiger partial charge is 0.408 e. The van der Waals surface area contributed by atoms with Gasteiger partial charge >= 0.3 is 6.09 Å². The fourth-order valence-corrected chi connectivity index (χ4v) is 3.92. The molecule has 0 fully saturated rings. The Labute approximate surface area is 140 Å². The number of nitrogens with zero attached hydrogens (tertiary/aromatic N) is 1. The highest BCUT2D eigenvalue weighted by molar-refractivity contribution is 7.17. The van der Waals surface area contributed by atoms with Crippen molar-refractivity contribution in [2.75, 3.05) is 0 Å². The molecule has 1 aliphatic carbocycles. The van der Waals surface area contributed by atoms with E-state index in [2.05, 4.69) is 28.7 Å². The van der Waals surface area contributed by atoms with E-state index in [1.54, 1.807) is 11.3 Å². The summed E-state index contributed by atoms with van der Waals surface area (Å²) in [5.41, 5.74) is 3.33. The Kier molecular flexibility index (Phi) is 4.15. The van der Waals surface area contributed by atoms with Crippen LogP contribution in [0.25, 0.3) is 15.8 Å². The number of fused-ring (bicyclic) bond motifs is 1. The number of carbonyl (C=O) groups is 1. The van der Waals surface area contributed by atoms with Gasteiger partial charge in [-0.25, -0.2) is 9.78 Å². The third-order valence-corrected chi connectivity index (χ3v) is 4.95. The van der Waals surface area contributed by atoms with Crippen LogP contribution >= 0.6 is 11.3 Å². The maximum Gasteiger partial charge on any atom is 0.408 e. The van der Waals surface area contributed by atoms with Gasteiger partial charge in [0.05, 0.1) is 6.04 Å². The number of nitrogens with one attached hydrogen (secondary N) is 1. The van der Waals surface area contributed by atoms with E-state index in [0.29, 0.717) is 0 Å². The topological polar surface area (TPSA) is 51.2 Å². The van der Waals surface area contributed by atoms with Crippen molar-refractivity contribution in [1.82, 2.24) is 10.3 Å². The van der Waals surface area contributed by atoms with Gasteiger partial charge in [-0.15, -0.1) is 11.3 Å². The molecule has 1 atom stereocenters. The Morgan fingerprint density at radius 3 is 2.96 bits per heavy atom. The van der Waals surface area contributed by atoms with Gasteiger partial charge in [-0.3, -0.25) is 0 Å². The summed E-state index contributed by atoms with van der Waals surface area (Å²) in [7, 11) is 0. The lowest BCUT2D eigenvalue weighted by atomic mass is 10.0. The lowest BCUT2D eigenvalue weighted by molar-refractivity contribution is 0.0512. The van der Waals surface area contributed by atoms with Gasteiger partial charge < -0.3 is 10.1 Å². The zero-order valence-corrected chi connectivity index (χ0v) is 14.8. The molecule has 4 nitrogen and oxygen atoms in total. The van der Waals surface area contributed by atoms with Crippen LogP contribution < -0.4 is 5.32 Å². The van der Waals surface area contributed by atoms with Crippen molar-refractivity contribution >= 4 is 33.2 Å². The molecule has 3 rings (SSSR count). The number of carbonyl (C=O) groups excluding carboxylic acids is 1. The fraction of sp³-hybridized carbons (Fsp3) is 0.444. The predicted octanol–water partition coefficient (Wildman–Crippen LogP) is 4.76. The minimum absolute atomic E-state index is 0.0477. The predicted molar refractivity (Wildman–Crippen MR) is 94.6 cm³/mol. The largest absolute Gasteiger partial charge is 0.444 e. The number of rotatable bonds is 2. The second-order valence-corrected chi connectivity index (χ2v) is 7.76. The summed E-state index contributed by atoms with van der Waals surface area (Å²) in [5, 5.41) is 6.37. The average Bonchev–Trinajstić information content (AvgIpc) is 3.02. The van der Waals surface area contributed by atoms with E-state index in [1.165, 1.54) is 22.1 Å². The van der Waals surface area contributed by atoms with Crippen molar-refractivity contribution in [2.24, 2.45) is 0 Å².